The maximum atomic E-state index is 12.1. The van der Waals surface area contributed by atoms with Crippen molar-refractivity contribution in [2.45, 2.75) is 18.2 Å². The van der Waals surface area contributed by atoms with Gasteiger partial charge in [-0.15, -0.1) is 5.10 Å². The van der Waals surface area contributed by atoms with Gasteiger partial charge in [-0.2, -0.15) is 0 Å². The first kappa shape index (κ1) is 15.8. The quantitative estimate of drug-likeness (QED) is 0.873. The molecule has 10 heteroatoms. The Kier molecular flexibility index (Phi) is 4.57. The van der Waals surface area contributed by atoms with Crippen LogP contribution in [0.25, 0.3) is 0 Å². The van der Waals surface area contributed by atoms with Crippen molar-refractivity contribution in [2.24, 2.45) is 5.14 Å². The van der Waals surface area contributed by atoms with Crippen molar-refractivity contribution in [3.8, 4) is 0 Å². The van der Waals surface area contributed by atoms with Crippen LogP contribution < -0.4 is 10.5 Å². The monoisotopic (exact) mass is 346 g/mol. The lowest BCUT2D eigenvalue weighted by Crippen LogP contribution is -2.14. The molecule has 0 unspecified atom stereocenters. The Balaban J connectivity index is 2.26. The van der Waals surface area contributed by atoms with Gasteiger partial charge in [0.15, 0.2) is 0 Å². The van der Waals surface area contributed by atoms with Crippen molar-refractivity contribution in [1.82, 2.24) is 9.59 Å². The second-order valence-electron chi connectivity index (χ2n) is 4.04. The number of rotatable bonds is 4. The Morgan fingerprint density at radius 1 is 1.48 bits per heavy atom. The number of hydrogen-bond acceptors (Lipinski definition) is 6. The van der Waals surface area contributed by atoms with Gasteiger partial charge < -0.3 is 5.32 Å². The van der Waals surface area contributed by atoms with Gasteiger partial charge in [0.05, 0.1) is 21.3 Å². The molecule has 0 aliphatic heterocycles. The predicted molar refractivity (Wildman–Crippen MR) is 80.1 cm³/mol. The van der Waals surface area contributed by atoms with E-state index < -0.39 is 15.9 Å². The molecule has 21 heavy (non-hydrogen) atoms. The van der Waals surface area contributed by atoms with Crippen LogP contribution in [0.15, 0.2) is 23.1 Å². The van der Waals surface area contributed by atoms with Gasteiger partial charge in [-0.1, -0.05) is 23.0 Å². The number of sulfonamides is 1. The molecular formula is C11H11ClN4O3S2. The summed E-state index contributed by atoms with van der Waals surface area (Å²) in [6.45, 7) is 1.86. The van der Waals surface area contributed by atoms with E-state index in [-0.39, 0.29) is 15.6 Å². The van der Waals surface area contributed by atoms with E-state index in [0.29, 0.717) is 17.0 Å². The number of hydrogen-bond donors (Lipinski definition) is 2. The van der Waals surface area contributed by atoms with E-state index in [4.69, 9.17) is 16.7 Å². The molecule has 3 N–H and O–H groups in total. The number of nitrogens with one attached hydrogen (secondary N) is 1. The van der Waals surface area contributed by atoms with Crippen molar-refractivity contribution < 1.29 is 13.2 Å². The fraction of sp³-hybridized carbons (Fsp3) is 0.182. The van der Waals surface area contributed by atoms with E-state index in [1.54, 1.807) is 0 Å². The fourth-order valence-electron chi connectivity index (χ4n) is 1.57. The summed E-state index contributed by atoms with van der Waals surface area (Å²) in [6.07, 6.45) is 0.581. The van der Waals surface area contributed by atoms with Gasteiger partial charge in [-0.3, -0.25) is 4.79 Å². The van der Waals surface area contributed by atoms with Gasteiger partial charge in [-0.05, 0) is 36.2 Å². The predicted octanol–water partition coefficient (Wildman–Crippen LogP) is 1.65. The molecule has 0 saturated carbocycles. The zero-order valence-electron chi connectivity index (χ0n) is 10.8. The van der Waals surface area contributed by atoms with Crippen molar-refractivity contribution in [2.75, 3.05) is 5.32 Å². The van der Waals surface area contributed by atoms with E-state index in [1.165, 1.54) is 18.2 Å². The molecule has 1 heterocycles. The fourth-order valence-corrected chi connectivity index (χ4v) is 3.04. The lowest BCUT2D eigenvalue weighted by molar-refractivity contribution is 0.102. The molecule has 0 spiro atoms. The highest BCUT2D eigenvalue weighted by molar-refractivity contribution is 7.89. The zero-order chi connectivity index (χ0) is 15.6. The number of nitrogens with two attached hydrogens (primary N) is 1. The lowest BCUT2D eigenvalue weighted by Gasteiger charge is -2.07. The molecular weight excluding hydrogens is 336 g/mol. The maximum absolute atomic E-state index is 12.1. The van der Waals surface area contributed by atoms with Crippen LogP contribution in [0.5, 0.6) is 0 Å². The normalized spacial score (nSPS) is 11.4. The topological polar surface area (TPSA) is 115 Å². The van der Waals surface area contributed by atoms with Crippen LogP contribution in [0.2, 0.25) is 5.02 Å². The largest absolute Gasteiger partial charge is 0.320 e. The third kappa shape index (κ3) is 3.56. The number of benzene rings is 1. The number of carbonyl (C=O) groups excluding carboxylic acids is 1. The molecule has 0 saturated heterocycles. The second kappa shape index (κ2) is 6.06. The van der Waals surface area contributed by atoms with Crippen LogP contribution in [-0.4, -0.2) is 23.9 Å². The Hall–Kier alpha value is -1.55. The van der Waals surface area contributed by atoms with E-state index in [2.05, 4.69) is 14.9 Å². The number of aromatic nitrogens is 2. The molecule has 0 aliphatic carbocycles. The first-order valence-corrected chi connectivity index (χ1v) is 8.47. The minimum absolute atomic E-state index is 0.0744. The molecule has 1 aromatic heterocycles. The van der Waals surface area contributed by atoms with Crippen LogP contribution in [0.1, 0.15) is 22.3 Å². The van der Waals surface area contributed by atoms with Crippen LogP contribution >= 0.6 is 23.1 Å². The smallest absolute Gasteiger partial charge is 0.269 e. The summed E-state index contributed by atoms with van der Waals surface area (Å²) in [5.74, 6) is -0.396. The molecule has 1 amide bonds. The van der Waals surface area contributed by atoms with Gasteiger partial charge in [0.25, 0.3) is 5.91 Å². The number of amides is 1. The average molecular weight is 347 g/mol. The van der Waals surface area contributed by atoms with E-state index in [0.717, 1.165) is 11.5 Å². The number of nitrogens with zero attached hydrogens (tertiary/aromatic N) is 2. The lowest BCUT2D eigenvalue weighted by atomic mass is 10.2. The Labute approximate surface area is 130 Å². The average Bonchev–Trinajstić information content (AvgIpc) is 2.88. The molecule has 0 bridgehead atoms. The molecule has 2 rings (SSSR count). The molecule has 112 valence electrons. The molecule has 0 atom stereocenters. The molecule has 0 fully saturated rings. The molecule has 1 aromatic carbocycles. The molecule has 0 radical (unpaired) electrons. The summed E-state index contributed by atoms with van der Waals surface area (Å²) >= 11 is 6.93. The maximum Gasteiger partial charge on any atom is 0.269 e. The van der Waals surface area contributed by atoms with Crippen molar-refractivity contribution >= 4 is 44.8 Å². The SMILES string of the molecule is CCc1nnsc1C(=O)Nc1ccc(S(N)(=O)=O)cc1Cl. The van der Waals surface area contributed by atoms with Crippen LogP contribution in [-0.2, 0) is 16.4 Å². The van der Waals surface area contributed by atoms with Gasteiger partial charge >= 0.3 is 0 Å². The van der Waals surface area contributed by atoms with E-state index in [9.17, 15) is 13.2 Å². The number of anilines is 1. The van der Waals surface area contributed by atoms with Gasteiger partial charge in [0, 0.05) is 0 Å². The molecule has 7 nitrogen and oxygen atoms in total. The molecule has 0 aliphatic rings. The van der Waals surface area contributed by atoms with E-state index in [1.807, 2.05) is 6.92 Å². The van der Waals surface area contributed by atoms with E-state index >= 15 is 0 Å². The summed E-state index contributed by atoms with van der Waals surface area (Å²) in [5, 5.41) is 11.5. The first-order valence-electron chi connectivity index (χ1n) is 5.78. The first-order chi connectivity index (χ1) is 9.82. The zero-order valence-corrected chi connectivity index (χ0v) is 13.2. The second-order valence-corrected chi connectivity index (χ2v) is 6.77. The van der Waals surface area contributed by atoms with Crippen LogP contribution in [0, 0.1) is 0 Å². The van der Waals surface area contributed by atoms with Gasteiger partial charge in [-0.25, -0.2) is 13.6 Å². The number of halogens is 1. The van der Waals surface area contributed by atoms with Crippen molar-refractivity contribution in [3.63, 3.8) is 0 Å². The summed E-state index contributed by atoms with van der Waals surface area (Å²) in [4.78, 5) is 12.4. The van der Waals surface area contributed by atoms with Gasteiger partial charge in [0.1, 0.15) is 4.88 Å². The Morgan fingerprint density at radius 2 is 2.19 bits per heavy atom. The Morgan fingerprint density at radius 3 is 2.76 bits per heavy atom. The summed E-state index contributed by atoms with van der Waals surface area (Å²) < 4.78 is 26.1. The highest BCUT2D eigenvalue weighted by atomic mass is 35.5. The third-order valence-electron chi connectivity index (χ3n) is 2.61. The number of aryl methyl sites for hydroxylation is 1. The van der Waals surface area contributed by atoms with Crippen LogP contribution in [0.4, 0.5) is 5.69 Å². The Bertz CT molecular complexity index is 789. The number of carbonyl (C=O) groups is 1. The minimum atomic E-state index is -3.84. The standard InChI is InChI=1S/C11H11ClN4O3S2/c1-2-8-10(20-16-15-8)11(17)14-9-4-3-6(5-7(9)12)21(13,18)19/h3-5H,2H2,1H3,(H,14,17)(H2,13,18,19). The van der Waals surface area contributed by atoms with Crippen molar-refractivity contribution in [3.05, 3.63) is 33.8 Å². The highest BCUT2D eigenvalue weighted by Gasteiger charge is 2.17. The van der Waals surface area contributed by atoms with Gasteiger partial charge in [0.2, 0.25) is 10.0 Å². The summed E-state index contributed by atoms with van der Waals surface area (Å²) in [5.41, 5.74) is 0.874. The summed E-state index contributed by atoms with van der Waals surface area (Å²) in [7, 11) is -3.84. The highest BCUT2D eigenvalue weighted by Crippen LogP contribution is 2.26. The molecule has 2 aromatic rings. The minimum Gasteiger partial charge on any atom is -0.320 e. The van der Waals surface area contributed by atoms with Crippen molar-refractivity contribution in [1.29, 1.82) is 0 Å². The summed E-state index contributed by atoms with van der Waals surface area (Å²) in [6, 6.07) is 3.82. The third-order valence-corrected chi connectivity index (χ3v) is 4.60. The number of primary sulfonamides is 1. The van der Waals surface area contributed by atoms with Crippen LogP contribution in [0.3, 0.4) is 0 Å².